The first-order valence-corrected chi connectivity index (χ1v) is 12.7. The summed E-state index contributed by atoms with van der Waals surface area (Å²) in [4.78, 5) is 12.9. The van der Waals surface area contributed by atoms with Crippen LogP contribution in [0.15, 0.2) is 71.7 Å². The van der Waals surface area contributed by atoms with Crippen LogP contribution >= 0.6 is 0 Å². The highest BCUT2D eigenvalue weighted by Crippen LogP contribution is 2.48. The number of furan rings is 1. The molecular formula is C28H25FN2O4S. The molecule has 184 valence electrons. The predicted octanol–water partition coefficient (Wildman–Crippen LogP) is 5.65. The third-order valence-electron chi connectivity index (χ3n) is 6.41. The first kappa shape index (κ1) is 23.8. The van der Waals surface area contributed by atoms with E-state index in [1.807, 2.05) is 30.3 Å². The van der Waals surface area contributed by atoms with Gasteiger partial charge in [0.1, 0.15) is 17.2 Å². The Balaban J connectivity index is 1.69. The van der Waals surface area contributed by atoms with Gasteiger partial charge in [-0.25, -0.2) is 12.8 Å². The van der Waals surface area contributed by atoms with Gasteiger partial charge in [0.05, 0.1) is 17.8 Å². The Morgan fingerprint density at radius 2 is 1.92 bits per heavy atom. The molecule has 3 aromatic carbocycles. The van der Waals surface area contributed by atoms with Crippen molar-refractivity contribution in [1.82, 2.24) is 5.32 Å². The van der Waals surface area contributed by atoms with Crippen LogP contribution in [0.3, 0.4) is 0 Å². The highest BCUT2D eigenvalue weighted by atomic mass is 32.2. The van der Waals surface area contributed by atoms with Gasteiger partial charge in [-0.3, -0.25) is 9.10 Å². The lowest BCUT2D eigenvalue weighted by atomic mass is 10.00. The number of hydrogen-bond acceptors (Lipinski definition) is 4. The highest BCUT2D eigenvalue weighted by Gasteiger charge is 2.31. The molecule has 1 fully saturated rings. The van der Waals surface area contributed by atoms with E-state index in [1.54, 1.807) is 24.3 Å². The number of halogens is 1. The van der Waals surface area contributed by atoms with Crippen LogP contribution in [0.2, 0.25) is 0 Å². The van der Waals surface area contributed by atoms with Crippen molar-refractivity contribution >= 4 is 39.5 Å². The van der Waals surface area contributed by atoms with Crippen LogP contribution in [-0.2, 0) is 17.4 Å². The Hall–Kier alpha value is -3.91. The maximum atomic E-state index is 13.5. The minimum absolute atomic E-state index is 0.152. The lowest BCUT2D eigenvalue weighted by Gasteiger charge is -2.21. The van der Waals surface area contributed by atoms with E-state index in [0.717, 1.165) is 29.5 Å². The molecular weight excluding hydrogens is 479 g/mol. The molecule has 0 radical (unpaired) electrons. The van der Waals surface area contributed by atoms with E-state index in [4.69, 9.17) is 4.42 Å². The van der Waals surface area contributed by atoms with E-state index >= 15 is 0 Å². The maximum absolute atomic E-state index is 13.5. The number of carbonyl (C=O) groups excluding carboxylic acids is 1. The van der Waals surface area contributed by atoms with Gasteiger partial charge in [-0.05, 0) is 71.8 Å². The van der Waals surface area contributed by atoms with E-state index < -0.39 is 16.7 Å². The Labute approximate surface area is 210 Å². The second-order valence-electron chi connectivity index (χ2n) is 8.82. The smallest absolute Gasteiger partial charge is 0.255 e. The molecule has 0 atom stereocenters. The van der Waals surface area contributed by atoms with Crippen molar-refractivity contribution < 1.29 is 22.0 Å². The summed E-state index contributed by atoms with van der Waals surface area (Å²) in [6.07, 6.45) is 3.59. The summed E-state index contributed by atoms with van der Waals surface area (Å²) in [5.74, 6) is -0.233. The minimum Gasteiger partial charge on any atom is -0.455 e. The van der Waals surface area contributed by atoms with Gasteiger partial charge in [0.2, 0.25) is 10.9 Å². The molecule has 6 nitrogen and oxygen atoms in total. The van der Waals surface area contributed by atoms with E-state index in [9.17, 15) is 17.6 Å². The summed E-state index contributed by atoms with van der Waals surface area (Å²) in [5.41, 5.74) is 4.39. The van der Waals surface area contributed by atoms with Gasteiger partial charge in [-0.15, -0.1) is 0 Å². The fourth-order valence-electron chi connectivity index (χ4n) is 4.47. The molecule has 1 aliphatic carbocycles. The lowest BCUT2D eigenvalue weighted by molar-refractivity contribution is 0.0964. The molecule has 0 unspecified atom stereocenters. The van der Waals surface area contributed by atoms with E-state index in [2.05, 4.69) is 11.9 Å². The topological polar surface area (TPSA) is 79.6 Å². The Bertz CT molecular complexity index is 1540. The summed E-state index contributed by atoms with van der Waals surface area (Å²) >= 11 is 0. The third-order valence-corrected chi connectivity index (χ3v) is 7.16. The summed E-state index contributed by atoms with van der Waals surface area (Å²) in [5, 5.41) is 3.25. The van der Waals surface area contributed by atoms with Gasteiger partial charge in [0.25, 0.3) is 5.91 Å². The zero-order chi connectivity index (χ0) is 25.4. The molecule has 1 N–H and O–H groups in total. The molecule has 1 saturated carbocycles. The molecule has 5 rings (SSSR count). The first-order chi connectivity index (χ1) is 17.4. The van der Waals surface area contributed by atoms with Crippen LogP contribution < -0.4 is 9.62 Å². The highest BCUT2D eigenvalue weighted by molar-refractivity contribution is 7.74. The molecule has 0 aliphatic heterocycles. The second kappa shape index (κ2) is 9.62. The first-order valence-electron chi connectivity index (χ1n) is 11.6. The standard InChI is InChI=1S/C28H25FN2O4S/c1-3-17-5-4-6-18(13-17)16-31(36(33)34)24-15-25-23(14-22(24)19-7-8-19)26(28(32)30-2)27(35-25)20-9-11-21(29)12-10-20/h3-6,9-15,19,36H,1,7-8,16H2,2H3,(H,30,32). The minimum atomic E-state index is -2.97. The van der Waals surface area contributed by atoms with Gasteiger partial charge in [-0.2, -0.15) is 0 Å². The fourth-order valence-corrected chi connectivity index (χ4v) is 5.10. The quantitative estimate of drug-likeness (QED) is 0.304. The predicted molar refractivity (Wildman–Crippen MR) is 140 cm³/mol. The number of fused-ring (bicyclic) bond motifs is 1. The fraction of sp³-hybridized carbons (Fsp3) is 0.179. The van der Waals surface area contributed by atoms with Crippen LogP contribution in [0.1, 0.15) is 45.8 Å². The largest absolute Gasteiger partial charge is 0.455 e. The number of nitrogens with zero attached hydrogens (tertiary/aromatic N) is 1. The number of thiol groups is 1. The van der Waals surface area contributed by atoms with Crippen molar-refractivity contribution in [3.8, 4) is 11.3 Å². The SMILES string of the molecule is C=Cc1cccc(CN(c2cc3oc(-c4ccc(F)cc4)c(C(=O)NC)c3cc2C2CC2)[SH](=O)=O)c1. The van der Waals surface area contributed by atoms with Crippen molar-refractivity contribution in [2.45, 2.75) is 25.3 Å². The van der Waals surface area contributed by atoms with Crippen molar-refractivity contribution in [3.05, 3.63) is 95.3 Å². The monoisotopic (exact) mass is 504 g/mol. The van der Waals surface area contributed by atoms with Crippen molar-refractivity contribution in [1.29, 1.82) is 0 Å². The van der Waals surface area contributed by atoms with Gasteiger partial charge in [-0.1, -0.05) is 30.9 Å². The van der Waals surface area contributed by atoms with Crippen molar-refractivity contribution in [2.24, 2.45) is 0 Å². The van der Waals surface area contributed by atoms with Crippen LogP contribution in [0.25, 0.3) is 28.4 Å². The van der Waals surface area contributed by atoms with E-state index in [1.165, 1.54) is 23.5 Å². The zero-order valence-electron chi connectivity index (χ0n) is 19.7. The summed E-state index contributed by atoms with van der Waals surface area (Å²) in [6, 6.07) is 16.8. The van der Waals surface area contributed by atoms with Crippen LogP contribution in [0, 0.1) is 5.82 Å². The average Bonchev–Trinajstić information content (AvgIpc) is 3.67. The number of rotatable bonds is 8. The Morgan fingerprint density at radius 1 is 1.17 bits per heavy atom. The zero-order valence-corrected chi connectivity index (χ0v) is 20.6. The van der Waals surface area contributed by atoms with Crippen LogP contribution in [0.5, 0.6) is 0 Å². The molecule has 4 aromatic rings. The van der Waals surface area contributed by atoms with E-state index in [0.29, 0.717) is 33.5 Å². The molecule has 0 saturated heterocycles. The number of benzene rings is 3. The van der Waals surface area contributed by atoms with Crippen molar-refractivity contribution in [2.75, 3.05) is 11.4 Å². The normalized spacial score (nSPS) is 13.2. The molecule has 0 bridgehead atoms. The van der Waals surface area contributed by atoms with Crippen molar-refractivity contribution in [3.63, 3.8) is 0 Å². The summed E-state index contributed by atoms with van der Waals surface area (Å²) in [6.45, 7) is 3.94. The number of carbonyl (C=O) groups is 1. The summed E-state index contributed by atoms with van der Waals surface area (Å²) < 4.78 is 46.0. The molecule has 1 amide bonds. The van der Waals surface area contributed by atoms with Crippen LogP contribution in [0.4, 0.5) is 10.1 Å². The molecule has 1 heterocycles. The van der Waals surface area contributed by atoms with E-state index in [-0.39, 0.29) is 18.4 Å². The molecule has 0 spiro atoms. The van der Waals surface area contributed by atoms with Gasteiger partial charge >= 0.3 is 0 Å². The van der Waals surface area contributed by atoms with Gasteiger partial charge in [0, 0.05) is 24.1 Å². The number of amides is 1. The Morgan fingerprint density at radius 3 is 2.56 bits per heavy atom. The molecule has 36 heavy (non-hydrogen) atoms. The molecule has 8 heteroatoms. The number of hydrogen-bond donors (Lipinski definition) is 2. The van der Waals surface area contributed by atoms with Crippen LogP contribution in [-0.4, -0.2) is 21.4 Å². The van der Waals surface area contributed by atoms with Gasteiger partial charge < -0.3 is 9.73 Å². The maximum Gasteiger partial charge on any atom is 0.255 e. The number of nitrogens with one attached hydrogen (secondary N) is 1. The van der Waals surface area contributed by atoms with Gasteiger partial charge in [0.15, 0.2) is 0 Å². The second-order valence-corrected chi connectivity index (χ2v) is 9.78. The Kier molecular flexibility index (Phi) is 6.36. The number of anilines is 1. The summed E-state index contributed by atoms with van der Waals surface area (Å²) in [7, 11) is -1.43. The average molecular weight is 505 g/mol. The molecule has 1 aromatic heterocycles. The molecule has 1 aliphatic rings. The third kappa shape index (κ3) is 4.52. The lowest BCUT2D eigenvalue weighted by Crippen LogP contribution is -2.22.